The molecular formula is C12H8Cl2FNO2. The van der Waals surface area contributed by atoms with Gasteiger partial charge in [0.1, 0.15) is 16.7 Å². The Bertz CT molecular complexity index is 591. The first-order valence-corrected chi connectivity index (χ1v) is 5.70. The van der Waals surface area contributed by atoms with E-state index in [1.807, 2.05) is 0 Å². The van der Waals surface area contributed by atoms with Crippen molar-refractivity contribution in [2.24, 2.45) is 0 Å². The zero-order valence-corrected chi connectivity index (χ0v) is 10.8. The van der Waals surface area contributed by atoms with Gasteiger partial charge in [-0.05, 0) is 24.3 Å². The van der Waals surface area contributed by atoms with Gasteiger partial charge in [-0.1, -0.05) is 23.2 Å². The summed E-state index contributed by atoms with van der Waals surface area (Å²) in [6, 6.07) is 5.08. The van der Waals surface area contributed by atoms with Crippen LogP contribution in [0.5, 0.6) is 5.75 Å². The van der Waals surface area contributed by atoms with E-state index in [0.29, 0.717) is 0 Å². The molecule has 6 heteroatoms. The maximum absolute atomic E-state index is 13.2. The predicted octanol–water partition coefficient (Wildman–Crippen LogP) is 3.70. The van der Waals surface area contributed by atoms with Crippen molar-refractivity contribution in [3.63, 3.8) is 0 Å². The lowest BCUT2D eigenvalue weighted by Crippen LogP contribution is -2.05. The number of carbonyl (C=O) groups excluding carboxylic acids is 1. The van der Waals surface area contributed by atoms with E-state index in [0.717, 1.165) is 6.07 Å². The Morgan fingerprint density at radius 1 is 1.33 bits per heavy atom. The molecule has 2 rings (SSSR count). The van der Waals surface area contributed by atoms with Crippen molar-refractivity contribution in [2.45, 2.75) is 0 Å². The number of methoxy groups -OCH3 is 1. The Hall–Kier alpha value is -1.52. The van der Waals surface area contributed by atoms with Crippen LogP contribution in [-0.4, -0.2) is 17.9 Å². The highest BCUT2D eigenvalue weighted by Crippen LogP contribution is 2.26. The molecule has 18 heavy (non-hydrogen) atoms. The van der Waals surface area contributed by atoms with Gasteiger partial charge in [0.2, 0.25) is 5.78 Å². The van der Waals surface area contributed by atoms with Gasteiger partial charge in [0.05, 0.1) is 23.4 Å². The molecule has 94 valence electrons. The van der Waals surface area contributed by atoms with Gasteiger partial charge in [-0.3, -0.25) is 4.79 Å². The molecule has 2 aromatic rings. The van der Waals surface area contributed by atoms with E-state index in [2.05, 4.69) is 4.98 Å². The monoisotopic (exact) mass is 287 g/mol. The summed E-state index contributed by atoms with van der Waals surface area (Å²) >= 11 is 11.5. The maximum Gasteiger partial charge on any atom is 0.213 e. The van der Waals surface area contributed by atoms with Crippen LogP contribution >= 0.6 is 23.2 Å². The summed E-state index contributed by atoms with van der Waals surface area (Å²) in [7, 11) is 1.40. The molecule has 3 nitrogen and oxygen atoms in total. The number of benzene rings is 1. The van der Waals surface area contributed by atoms with Gasteiger partial charge >= 0.3 is 0 Å². The van der Waals surface area contributed by atoms with E-state index in [1.54, 1.807) is 0 Å². The van der Waals surface area contributed by atoms with Gasteiger partial charge in [0.25, 0.3) is 0 Å². The van der Waals surface area contributed by atoms with Crippen molar-refractivity contribution in [1.29, 1.82) is 0 Å². The van der Waals surface area contributed by atoms with Crippen LogP contribution in [0.1, 0.15) is 16.1 Å². The van der Waals surface area contributed by atoms with Gasteiger partial charge < -0.3 is 9.72 Å². The zero-order chi connectivity index (χ0) is 13.3. The smallest absolute Gasteiger partial charge is 0.213 e. The average Bonchev–Trinajstić information content (AvgIpc) is 2.68. The van der Waals surface area contributed by atoms with Crippen molar-refractivity contribution in [2.75, 3.05) is 7.11 Å². The van der Waals surface area contributed by atoms with Crippen molar-refractivity contribution in [1.82, 2.24) is 4.98 Å². The fourth-order valence-corrected chi connectivity index (χ4v) is 1.84. The first-order valence-electron chi connectivity index (χ1n) is 4.95. The van der Waals surface area contributed by atoms with Crippen molar-refractivity contribution in [3.05, 3.63) is 51.5 Å². The lowest BCUT2D eigenvalue weighted by Gasteiger charge is -2.06. The minimum atomic E-state index is -0.525. The molecule has 1 heterocycles. The lowest BCUT2D eigenvalue weighted by atomic mass is 10.1. The van der Waals surface area contributed by atoms with Gasteiger partial charge in [-0.15, -0.1) is 0 Å². The molecule has 0 fully saturated rings. The average molecular weight is 288 g/mol. The number of rotatable bonds is 3. The molecular weight excluding hydrogens is 280 g/mol. The molecule has 0 unspecified atom stereocenters. The van der Waals surface area contributed by atoms with Gasteiger partial charge in [-0.25, -0.2) is 4.39 Å². The Labute approximate surface area is 112 Å². The van der Waals surface area contributed by atoms with E-state index in [1.165, 1.54) is 25.3 Å². The summed E-state index contributed by atoms with van der Waals surface area (Å²) in [5.41, 5.74) is 0.279. The summed E-state index contributed by atoms with van der Waals surface area (Å²) in [5.74, 6) is -0.689. The van der Waals surface area contributed by atoms with E-state index in [9.17, 15) is 9.18 Å². The van der Waals surface area contributed by atoms with Crippen molar-refractivity contribution >= 4 is 29.0 Å². The second kappa shape index (κ2) is 5.00. The van der Waals surface area contributed by atoms with Crippen molar-refractivity contribution < 1.29 is 13.9 Å². The predicted molar refractivity (Wildman–Crippen MR) is 67.2 cm³/mol. The zero-order valence-electron chi connectivity index (χ0n) is 9.26. The molecule has 0 saturated heterocycles. The molecule has 1 aromatic carbocycles. The van der Waals surface area contributed by atoms with Gasteiger partial charge in [-0.2, -0.15) is 0 Å². The Morgan fingerprint density at radius 2 is 2.06 bits per heavy atom. The number of hydrogen-bond donors (Lipinski definition) is 1. The number of ether oxygens (including phenoxy) is 1. The van der Waals surface area contributed by atoms with Crippen LogP contribution in [0, 0.1) is 5.82 Å². The first kappa shape index (κ1) is 12.9. The third kappa shape index (κ3) is 2.35. The van der Waals surface area contributed by atoms with Crippen LogP contribution in [0.2, 0.25) is 10.2 Å². The van der Waals surface area contributed by atoms with Crippen LogP contribution in [0.15, 0.2) is 24.3 Å². The number of aromatic nitrogens is 1. The third-order valence-corrected chi connectivity index (χ3v) is 3.07. The Kier molecular flexibility index (Phi) is 3.59. The van der Waals surface area contributed by atoms with Crippen LogP contribution in [0.4, 0.5) is 4.39 Å². The number of aromatic amines is 1. The fraction of sp³-hybridized carbons (Fsp3) is 0.0833. The highest BCUT2D eigenvalue weighted by Gasteiger charge is 2.18. The quantitative estimate of drug-likeness (QED) is 0.875. The van der Waals surface area contributed by atoms with Crippen LogP contribution in [0.25, 0.3) is 0 Å². The van der Waals surface area contributed by atoms with Gasteiger partial charge in [0.15, 0.2) is 0 Å². The van der Waals surface area contributed by atoms with Crippen LogP contribution < -0.4 is 4.74 Å². The molecule has 0 aliphatic rings. The van der Waals surface area contributed by atoms with Crippen LogP contribution in [0.3, 0.4) is 0 Å². The lowest BCUT2D eigenvalue weighted by molar-refractivity contribution is 0.103. The highest BCUT2D eigenvalue weighted by atomic mass is 35.5. The molecule has 1 N–H and O–H groups in total. The fourth-order valence-electron chi connectivity index (χ4n) is 1.53. The number of hydrogen-bond acceptors (Lipinski definition) is 2. The molecule has 0 spiro atoms. The third-order valence-electron chi connectivity index (χ3n) is 2.38. The Balaban J connectivity index is 2.48. The topological polar surface area (TPSA) is 42.1 Å². The van der Waals surface area contributed by atoms with E-state index in [-0.39, 0.29) is 27.2 Å². The SMILES string of the molecule is COc1ccc(F)cc1C(=O)c1cc(Cl)c(Cl)[nH]1. The number of halogens is 3. The Morgan fingerprint density at radius 3 is 2.61 bits per heavy atom. The minimum absolute atomic E-state index is 0.104. The maximum atomic E-state index is 13.2. The molecule has 0 amide bonds. The largest absolute Gasteiger partial charge is 0.496 e. The summed E-state index contributed by atoms with van der Waals surface area (Å²) in [6.07, 6.45) is 0. The minimum Gasteiger partial charge on any atom is -0.496 e. The molecule has 0 atom stereocenters. The first-order chi connectivity index (χ1) is 8.52. The summed E-state index contributed by atoms with van der Waals surface area (Å²) < 4.78 is 18.2. The standard InChI is InChI=1S/C12H8Cl2FNO2/c1-18-10-3-2-6(15)4-7(10)11(17)9-5-8(13)12(14)16-9/h2-5,16H,1H3. The molecule has 0 aliphatic heterocycles. The molecule has 0 saturated carbocycles. The van der Waals surface area contributed by atoms with E-state index < -0.39 is 11.6 Å². The molecule has 0 aliphatic carbocycles. The molecule has 0 radical (unpaired) electrons. The number of ketones is 1. The van der Waals surface area contributed by atoms with Crippen LogP contribution in [-0.2, 0) is 0 Å². The van der Waals surface area contributed by atoms with Gasteiger partial charge in [0, 0.05) is 0 Å². The summed E-state index contributed by atoms with van der Waals surface area (Å²) in [4.78, 5) is 14.8. The molecule has 0 bridgehead atoms. The second-order valence-corrected chi connectivity index (χ2v) is 4.30. The second-order valence-electron chi connectivity index (χ2n) is 3.52. The highest BCUT2D eigenvalue weighted by molar-refractivity contribution is 6.41. The summed E-state index contributed by atoms with van der Waals surface area (Å²) in [5, 5.41) is 0.394. The number of carbonyl (C=O) groups is 1. The number of nitrogens with one attached hydrogen (secondary N) is 1. The number of H-pyrrole nitrogens is 1. The van der Waals surface area contributed by atoms with E-state index in [4.69, 9.17) is 27.9 Å². The van der Waals surface area contributed by atoms with Crippen molar-refractivity contribution in [3.8, 4) is 5.75 Å². The molecule has 1 aromatic heterocycles. The summed E-state index contributed by atoms with van der Waals surface area (Å²) in [6.45, 7) is 0. The van der Waals surface area contributed by atoms with E-state index >= 15 is 0 Å². The normalized spacial score (nSPS) is 10.4.